The number of hydrogen-bond donors (Lipinski definition) is 0. The fourth-order valence-corrected chi connectivity index (χ4v) is 5.88. The van der Waals surface area contributed by atoms with Crippen molar-refractivity contribution < 1.29 is 21.1 Å². The van der Waals surface area contributed by atoms with E-state index in [1.807, 2.05) is 0 Å². The molecular formula is C20H29ClOTi. The van der Waals surface area contributed by atoms with Crippen molar-refractivity contribution in [3.63, 3.8) is 0 Å². The average molecular weight is 369 g/mol. The third kappa shape index (κ3) is 5.18. The molecule has 2 rings (SSSR count). The monoisotopic (exact) mass is 368 g/mol. The van der Waals surface area contributed by atoms with Crippen molar-refractivity contribution >= 4 is 16.2 Å². The SMILES string of the molecule is CC1=[C]([Ti]([O]c2cc(C)cc(C(C)(C)C)c2)=[C](C)C)CC=C1.Cl. The quantitative estimate of drug-likeness (QED) is 0.588. The van der Waals surface area contributed by atoms with E-state index in [0.29, 0.717) is 0 Å². The number of hydrogen-bond acceptors (Lipinski definition) is 1. The van der Waals surface area contributed by atoms with E-state index in [4.69, 9.17) is 3.32 Å². The minimum atomic E-state index is -1.82. The molecule has 126 valence electrons. The second kappa shape index (κ2) is 7.97. The summed E-state index contributed by atoms with van der Waals surface area (Å²) in [6, 6.07) is 6.70. The summed E-state index contributed by atoms with van der Waals surface area (Å²) in [4.78, 5) is 0. The van der Waals surface area contributed by atoms with Gasteiger partial charge in [-0.3, -0.25) is 0 Å². The van der Waals surface area contributed by atoms with E-state index in [0.717, 1.165) is 12.2 Å². The van der Waals surface area contributed by atoms with Gasteiger partial charge in [0.15, 0.2) is 0 Å². The van der Waals surface area contributed by atoms with Gasteiger partial charge in [0, 0.05) is 0 Å². The van der Waals surface area contributed by atoms with E-state index >= 15 is 0 Å². The Morgan fingerprint density at radius 1 is 1.09 bits per heavy atom. The van der Waals surface area contributed by atoms with Crippen LogP contribution < -0.4 is 3.32 Å². The van der Waals surface area contributed by atoms with Crippen molar-refractivity contribution in [1.82, 2.24) is 0 Å². The second-order valence-corrected chi connectivity index (χ2v) is 11.3. The van der Waals surface area contributed by atoms with Crippen LogP contribution in [0.4, 0.5) is 0 Å². The molecule has 0 saturated carbocycles. The molecule has 0 aromatic heterocycles. The van der Waals surface area contributed by atoms with Gasteiger partial charge in [-0.2, -0.15) is 0 Å². The predicted molar refractivity (Wildman–Crippen MR) is 101 cm³/mol. The summed E-state index contributed by atoms with van der Waals surface area (Å²) in [5, 5.41) is 0. The van der Waals surface area contributed by atoms with Gasteiger partial charge in [0.2, 0.25) is 0 Å². The zero-order chi connectivity index (χ0) is 16.5. The molecule has 1 aromatic rings. The molecule has 1 aliphatic carbocycles. The van der Waals surface area contributed by atoms with Gasteiger partial charge in [-0.05, 0) is 0 Å². The van der Waals surface area contributed by atoms with E-state index < -0.39 is 17.8 Å². The van der Waals surface area contributed by atoms with Gasteiger partial charge >= 0.3 is 142 Å². The molecule has 3 heteroatoms. The van der Waals surface area contributed by atoms with Crippen molar-refractivity contribution in [3.8, 4) is 5.75 Å². The zero-order valence-corrected chi connectivity index (χ0v) is 17.8. The summed E-state index contributed by atoms with van der Waals surface area (Å²) in [7, 11) is 0. The fourth-order valence-electron chi connectivity index (χ4n) is 2.71. The number of halogens is 1. The molecule has 1 aromatic carbocycles. The van der Waals surface area contributed by atoms with Crippen LogP contribution in [-0.2, 0) is 23.2 Å². The van der Waals surface area contributed by atoms with E-state index in [-0.39, 0.29) is 17.8 Å². The van der Waals surface area contributed by atoms with Crippen LogP contribution >= 0.6 is 12.4 Å². The number of allylic oxidation sites excluding steroid dienone is 4. The Hall–Kier alpha value is -0.626. The van der Waals surface area contributed by atoms with Crippen LogP contribution in [0, 0.1) is 6.92 Å². The summed E-state index contributed by atoms with van der Waals surface area (Å²) < 4.78 is 9.60. The van der Waals surface area contributed by atoms with Crippen LogP contribution in [0.25, 0.3) is 0 Å². The number of aryl methyl sites for hydroxylation is 1. The third-order valence-corrected chi connectivity index (χ3v) is 7.93. The maximum absolute atomic E-state index is 6.58. The van der Waals surface area contributed by atoms with Crippen LogP contribution in [0.15, 0.2) is 39.8 Å². The molecule has 0 fully saturated rings. The number of benzene rings is 1. The van der Waals surface area contributed by atoms with Gasteiger partial charge in [-0.1, -0.05) is 0 Å². The Bertz CT molecular complexity index is 671. The molecule has 0 radical (unpaired) electrons. The molecule has 0 atom stereocenters. The molecule has 0 amide bonds. The van der Waals surface area contributed by atoms with Crippen molar-refractivity contribution in [2.75, 3.05) is 0 Å². The summed E-state index contributed by atoms with van der Waals surface area (Å²) in [6.45, 7) is 15.6. The number of rotatable bonds is 3. The van der Waals surface area contributed by atoms with Gasteiger partial charge in [0.05, 0.1) is 0 Å². The maximum atomic E-state index is 6.58. The molecule has 0 bridgehead atoms. The average Bonchev–Trinajstić information content (AvgIpc) is 2.80. The van der Waals surface area contributed by atoms with Gasteiger partial charge in [-0.15, -0.1) is 12.4 Å². The molecule has 0 aliphatic heterocycles. The molecule has 0 saturated heterocycles. The predicted octanol–water partition coefficient (Wildman–Crippen LogP) is 6.07. The van der Waals surface area contributed by atoms with Crippen molar-refractivity contribution in [2.45, 2.75) is 60.3 Å². The smallest absolute Gasteiger partial charge is 0.147 e. The van der Waals surface area contributed by atoms with Gasteiger partial charge in [-0.25, -0.2) is 0 Å². The largest absolute Gasteiger partial charge is 0.147 e. The second-order valence-electron chi connectivity index (χ2n) is 7.48. The Morgan fingerprint density at radius 3 is 2.22 bits per heavy atom. The minimum absolute atomic E-state index is 0. The first kappa shape index (κ1) is 20.4. The Kier molecular flexibility index (Phi) is 7.07. The molecule has 1 aliphatic rings. The first-order valence-corrected chi connectivity index (χ1v) is 10.2. The standard InChI is InChI=1S/C11H16O.C6H7.C3H6.ClH.Ti/c1-8-5-9(11(2,3)4)7-10(12)6-8;1-6-4-2-3-5-6;1-3-2;;/h5-7,12H,1-4H3;2,4H,3H2,1H3;1-2H3;1H;/q;;;;+1/p-1. The summed E-state index contributed by atoms with van der Waals surface area (Å²) in [5.74, 6) is 1.05. The molecule has 1 nitrogen and oxygen atoms in total. The zero-order valence-electron chi connectivity index (χ0n) is 15.4. The summed E-state index contributed by atoms with van der Waals surface area (Å²) >= 11 is -1.82. The van der Waals surface area contributed by atoms with Crippen molar-refractivity contribution in [2.24, 2.45) is 0 Å². The van der Waals surface area contributed by atoms with Crippen LogP contribution in [0.1, 0.15) is 59.1 Å². The van der Waals surface area contributed by atoms with Crippen LogP contribution in [0.5, 0.6) is 5.75 Å². The molecular weight excluding hydrogens is 340 g/mol. The van der Waals surface area contributed by atoms with Crippen molar-refractivity contribution in [1.29, 1.82) is 0 Å². The van der Waals surface area contributed by atoms with E-state index in [1.165, 1.54) is 20.5 Å². The molecule has 0 heterocycles. The first-order valence-electron chi connectivity index (χ1n) is 8.02. The van der Waals surface area contributed by atoms with Crippen LogP contribution in [0.2, 0.25) is 0 Å². The Balaban J connectivity index is 0.00000264. The Morgan fingerprint density at radius 2 is 1.74 bits per heavy atom. The van der Waals surface area contributed by atoms with Crippen LogP contribution in [0.3, 0.4) is 0 Å². The fraction of sp³-hybridized carbons (Fsp3) is 0.450. The van der Waals surface area contributed by atoms with Gasteiger partial charge in [0.25, 0.3) is 0 Å². The van der Waals surface area contributed by atoms with Gasteiger partial charge in [0.1, 0.15) is 0 Å². The summed E-state index contributed by atoms with van der Waals surface area (Å²) in [5.41, 5.74) is 4.20. The minimum Gasteiger partial charge on any atom is -0.147 e. The summed E-state index contributed by atoms with van der Waals surface area (Å²) in [6.07, 6.45) is 5.58. The van der Waals surface area contributed by atoms with Crippen LogP contribution in [-0.4, -0.2) is 3.81 Å². The normalized spacial score (nSPS) is 13.9. The Labute approximate surface area is 154 Å². The van der Waals surface area contributed by atoms with E-state index in [2.05, 4.69) is 78.8 Å². The van der Waals surface area contributed by atoms with Crippen molar-refractivity contribution in [3.05, 3.63) is 50.9 Å². The molecule has 23 heavy (non-hydrogen) atoms. The molecule has 0 N–H and O–H groups in total. The maximum Gasteiger partial charge on any atom is -0.147 e. The van der Waals surface area contributed by atoms with Gasteiger partial charge < -0.3 is 0 Å². The van der Waals surface area contributed by atoms with E-state index in [1.54, 1.807) is 3.88 Å². The molecule has 0 unspecified atom stereocenters. The van der Waals surface area contributed by atoms with E-state index in [9.17, 15) is 0 Å². The molecule has 0 spiro atoms. The topological polar surface area (TPSA) is 9.23 Å². The third-order valence-electron chi connectivity index (χ3n) is 4.03. The first-order chi connectivity index (χ1) is 10.2.